The van der Waals surface area contributed by atoms with Crippen molar-refractivity contribution in [2.75, 3.05) is 13.2 Å². The van der Waals surface area contributed by atoms with Crippen molar-refractivity contribution in [2.24, 2.45) is 5.41 Å². The first-order valence-corrected chi connectivity index (χ1v) is 5.41. The zero-order valence-corrected chi connectivity index (χ0v) is 9.60. The van der Waals surface area contributed by atoms with Gasteiger partial charge in [0.2, 0.25) is 0 Å². The highest BCUT2D eigenvalue weighted by Crippen LogP contribution is 2.31. The maximum Gasteiger partial charge on any atom is 0.183 e. The predicted molar refractivity (Wildman–Crippen MR) is 59.9 cm³/mol. The summed E-state index contributed by atoms with van der Waals surface area (Å²) < 4.78 is 11.2. The molecule has 2 rings (SSSR count). The second-order valence-electron chi connectivity index (χ2n) is 4.48. The third-order valence-electron chi connectivity index (χ3n) is 3.03. The first-order valence-electron chi connectivity index (χ1n) is 5.41. The van der Waals surface area contributed by atoms with Crippen LogP contribution in [0, 0.1) is 5.41 Å². The minimum atomic E-state index is -0.495. The number of Topliss-reactive ketones (excluding diaryl/α,β-unsaturated/α-hetero) is 1. The quantitative estimate of drug-likeness (QED) is 0.767. The van der Waals surface area contributed by atoms with Crippen molar-refractivity contribution in [3.05, 3.63) is 35.9 Å². The van der Waals surface area contributed by atoms with Gasteiger partial charge in [-0.3, -0.25) is 4.79 Å². The third kappa shape index (κ3) is 2.15. The van der Waals surface area contributed by atoms with Gasteiger partial charge in [-0.2, -0.15) is 0 Å². The Morgan fingerprint density at radius 3 is 2.31 bits per heavy atom. The van der Waals surface area contributed by atoms with Crippen LogP contribution in [0.15, 0.2) is 30.3 Å². The summed E-state index contributed by atoms with van der Waals surface area (Å²) in [5.41, 5.74) is 0.499. The lowest BCUT2D eigenvalue weighted by atomic mass is 9.88. The van der Waals surface area contributed by atoms with E-state index in [-0.39, 0.29) is 12.1 Å². The Kier molecular flexibility index (Phi) is 3.08. The lowest BCUT2D eigenvalue weighted by molar-refractivity contribution is -0.226. The molecule has 0 N–H and O–H groups in total. The minimum absolute atomic E-state index is 0.110. The standard InChI is InChI=1S/C13H16O3/c1-10(14)13(2)8-15-12(16-9-13)11-6-4-3-5-7-11/h3-7,12H,8-9H2,1-2H3. The van der Waals surface area contributed by atoms with Gasteiger partial charge in [0.25, 0.3) is 0 Å². The fourth-order valence-electron chi connectivity index (χ4n) is 1.61. The summed E-state index contributed by atoms with van der Waals surface area (Å²) >= 11 is 0. The molecule has 0 bridgehead atoms. The lowest BCUT2D eigenvalue weighted by Gasteiger charge is -2.35. The number of carbonyl (C=O) groups excluding carboxylic acids is 1. The maximum absolute atomic E-state index is 11.4. The average molecular weight is 220 g/mol. The van der Waals surface area contributed by atoms with Gasteiger partial charge in [-0.1, -0.05) is 30.3 Å². The molecule has 1 aromatic carbocycles. The molecule has 0 amide bonds. The molecule has 3 nitrogen and oxygen atoms in total. The summed E-state index contributed by atoms with van der Waals surface area (Å²) in [5.74, 6) is 0.110. The van der Waals surface area contributed by atoms with Gasteiger partial charge in [-0.05, 0) is 13.8 Å². The Bertz CT molecular complexity index is 364. The predicted octanol–water partition coefficient (Wildman–Crippen LogP) is 2.33. The summed E-state index contributed by atoms with van der Waals surface area (Å²) in [6, 6.07) is 9.76. The van der Waals surface area contributed by atoms with Crippen LogP contribution in [-0.2, 0) is 14.3 Å². The van der Waals surface area contributed by atoms with Gasteiger partial charge in [-0.25, -0.2) is 0 Å². The number of rotatable bonds is 2. The van der Waals surface area contributed by atoms with Gasteiger partial charge in [0.15, 0.2) is 6.29 Å². The fraction of sp³-hybridized carbons (Fsp3) is 0.462. The number of ether oxygens (including phenoxy) is 2. The molecule has 0 atom stereocenters. The van der Waals surface area contributed by atoms with Gasteiger partial charge in [0.1, 0.15) is 5.78 Å². The Balaban J connectivity index is 2.03. The van der Waals surface area contributed by atoms with Gasteiger partial charge >= 0.3 is 0 Å². The molecule has 3 heteroatoms. The molecule has 0 radical (unpaired) electrons. The van der Waals surface area contributed by atoms with Crippen LogP contribution in [-0.4, -0.2) is 19.0 Å². The summed E-state index contributed by atoms with van der Waals surface area (Å²) in [6.07, 6.45) is -0.339. The van der Waals surface area contributed by atoms with Crippen LogP contribution in [0.5, 0.6) is 0 Å². The molecule has 1 fully saturated rings. The van der Waals surface area contributed by atoms with Crippen LogP contribution in [0.3, 0.4) is 0 Å². The second-order valence-corrected chi connectivity index (χ2v) is 4.48. The van der Waals surface area contributed by atoms with E-state index in [2.05, 4.69) is 0 Å². The molecule has 0 aliphatic carbocycles. The van der Waals surface area contributed by atoms with E-state index in [9.17, 15) is 4.79 Å². The summed E-state index contributed by atoms with van der Waals surface area (Å²) in [4.78, 5) is 11.4. The van der Waals surface area contributed by atoms with Crippen LogP contribution < -0.4 is 0 Å². The Morgan fingerprint density at radius 1 is 1.25 bits per heavy atom. The topological polar surface area (TPSA) is 35.5 Å². The van der Waals surface area contributed by atoms with Gasteiger partial charge in [0.05, 0.1) is 18.6 Å². The van der Waals surface area contributed by atoms with E-state index in [0.717, 1.165) is 5.56 Å². The molecule has 0 saturated carbocycles. The molecular weight excluding hydrogens is 204 g/mol. The van der Waals surface area contributed by atoms with Crippen LogP contribution >= 0.6 is 0 Å². The van der Waals surface area contributed by atoms with Crippen LogP contribution in [0.25, 0.3) is 0 Å². The number of hydrogen-bond acceptors (Lipinski definition) is 3. The van der Waals surface area contributed by atoms with Crippen molar-refractivity contribution < 1.29 is 14.3 Å². The van der Waals surface area contributed by atoms with E-state index in [0.29, 0.717) is 13.2 Å². The Labute approximate surface area is 95.4 Å². The van der Waals surface area contributed by atoms with E-state index in [1.165, 1.54) is 0 Å². The molecule has 0 aromatic heterocycles. The molecular formula is C13H16O3. The van der Waals surface area contributed by atoms with Crippen LogP contribution in [0.2, 0.25) is 0 Å². The molecule has 0 spiro atoms. The van der Waals surface area contributed by atoms with Crippen LogP contribution in [0.4, 0.5) is 0 Å². The van der Waals surface area contributed by atoms with Crippen LogP contribution in [0.1, 0.15) is 25.7 Å². The highest BCUT2D eigenvalue weighted by molar-refractivity contribution is 5.82. The van der Waals surface area contributed by atoms with Gasteiger partial charge in [0, 0.05) is 5.56 Å². The van der Waals surface area contributed by atoms with Crippen molar-refractivity contribution in [2.45, 2.75) is 20.1 Å². The zero-order chi connectivity index (χ0) is 11.6. The smallest absolute Gasteiger partial charge is 0.183 e. The van der Waals surface area contributed by atoms with E-state index in [1.807, 2.05) is 37.3 Å². The van der Waals surface area contributed by atoms with Crippen molar-refractivity contribution in [3.63, 3.8) is 0 Å². The Hall–Kier alpha value is -1.19. The number of carbonyl (C=O) groups is 1. The Morgan fingerprint density at radius 2 is 1.81 bits per heavy atom. The van der Waals surface area contributed by atoms with Gasteiger partial charge < -0.3 is 9.47 Å². The molecule has 1 aliphatic heterocycles. The number of benzene rings is 1. The van der Waals surface area contributed by atoms with E-state index < -0.39 is 5.41 Å². The number of hydrogen-bond donors (Lipinski definition) is 0. The second kappa shape index (κ2) is 4.36. The summed E-state index contributed by atoms with van der Waals surface area (Å²) in [7, 11) is 0. The fourth-order valence-corrected chi connectivity index (χ4v) is 1.61. The first kappa shape index (κ1) is 11.3. The van der Waals surface area contributed by atoms with Crippen molar-refractivity contribution in [1.82, 2.24) is 0 Å². The van der Waals surface area contributed by atoms with Crippen molar-refractivity contribution in [3.8, 4) is 0 Å². The van der Waals surface area contributed by atoms with E-state index >= 15 is 0 Å². The zero-order valence-electron chi connectivity index (χ0n) is 9.60. The first-order chi connectivity index (χ1) is 7.62. The van der Waals surface area contributed by atoms with Gasteiger partial charge in [-0.15, -0.1) is 0 Å². The third-order valence-corrected chi connectivity index (χ3v) is 3.03. The normalized spacial score (nSPS) is 30.0. The van der Waals surface area contributed by atoms with Crippen molar-refractivity contribution >= 4 is 5.78 Å². The highest BCUT2D eigenvalue weighted by Gasteiger charge is 2.37. The molecule has 1 aliphatic rings. The minimum Gasteiger partial charge on any atom is -0.347 e. The largest absolute Gasteiger partial charge is 0.347 e. The summed E-state index contributed by atoms with van der Waals surface area (Å²) in [5, 5.41) is 0. The van der Waals surface area contributed by atoms with E-state index in [4.69, 9.17) is 9.47 Å². The van der Waals surface area contributed by atoms with Crippen molar-refractivity contribution in [1.29, 1.82) is 0 Å². The molecule has 1 heterocycles. The van der Waals surface area contributed by atoms with E-state index in [1.54, 1.807) is 6.92 Å². The SMILES string of the molecule is CC(=O)C1(C)COC(c2ccccc2)OC1. The maximum atomic E-state index is 11.4. The number of ketones is 1. The molecule has 86 valence electrons. The lowest BCUT2D eigenvalue weighted by Crippen LogP contribution is -2.41. The average Bonchev–Trinajstić information content (AvgIpc) is 2.31. The monoisotopic (exact) mass is 220 g/mol. The molecule has 16 heavy (non-hydrogen) atoms. The highest BCUT2D eigenvalue weighted by atomic mass is 16.7. The summed E-state index contributed by atoms with van der Waals surface area (Å²) in [6.45, 7) is 4.29. The molecule has 1 saturated heterocycles. The molecule has 1 aromatic rings. The molecule has 0 unspecified atom stereocenters.